The van der Waals surface area contributed by atoms with Crippen molar-refractivity contribution in [3.05, 3.63) is 54.1 Å². The van der Waals surface area contributed by atoms with Crippen LogP contribution >= 0.6 is 0 Å². The number of anilines is 1. The molecule has 1 aliphatic heterocycles. The second-order valence-corrected chi connectivity index (χ2v) is 6.26. The number of nitriles is 1. The van der Waals surface area contributed by atoms with Crippen LogP contribution in [0.3, 0.4) is 0 Å². The Labute approximate surface area is 163 Å². The van der Waals surface area contributed by atoms with E-state index in [1.165, 1.54) is 4.90 Å². The van der Waals surface area contributed by atoms with Crippen LogP contribution in [0.15, 0.2) is 48.5 Å². The first-order valence-electron chi connectivity index (χ1n) is 8.87. The Morgan fingerprint density at radius 3 is 2.61 bits per heavy atom. The largest absolute Gasteiger partial charge is 0.485 e. The van der Waals surface area contributed by atoms with E-state index in [0.717, 1.165) is 5.56 Å². The fraction of sp³-hybridized carbons (Fsp3) is 0.286. The summed E-state index contributed by atoms with van der Waals surface area (Å²) in [6.45, 7) is 1.73. The van der Waals surface area contributed by atoms with Crippen LogP contribution in [0.1, 0.15) is 12.0 Å². The number of carbonyl (C=O) groups excluding carboxylic acids is 2. The number of para-hydroxylation sites is 2. The number of aryl methyl sites for hydroxylation is 1. The Morgan fingerprint density at radius 1 is 1.18 bits per heavy atom. The molecule has 2 aromatic rings. The van der Waals surface area contributed by atoms with Crippen molar-refractivity contribution < 1.29 is 23.8 Å². The van der Waals surface area contributed by atoms with E-state index >= 15 is 0 Å². The van der Waals surface area contributed by atoms with Gasteiger partial charge in [-0.15, -0.1) is 0 Å². The van der Waals surface area contributed by atoms with Crippen LogP contribution in [0.25, 0.3) is 0 Å². The van der Waals surface area contributed by atoms with Gasteiger partial charge < -0.3 is 19.1 Å². The Balaban J connectivity index is 1.60. The molecule has 0 aromatic heterocycles. The summed E-state index contributed by atoms with van der Waals surface area (Å²) in [5.74, 6) is -0.0708. The molecule has 0 spiro atoms. The predicted molar refractivity (Wildman–Crippen MR) is 101 cm³/mol. The van der Waals surface area contributed by atoms with E-state index in [2.05, 4.69) is 0 Å². The average Bonchev–Trinajstić information content (AvgIpc) is 2.73. The number of hydrogen-bond acceptors (Lipinski definition) is 6. The lowest BCUT2D eigenvalue weighted by Crippen LogP contribution is -2.41. The molecule has 7 nitrogen and oxygen atoms in total. The van der Waals surface area contributed by atoms with Crippen LogP contribution < -0.4 is 14.4 Å². The van der Waals surface area contributed by atoms with Crippen molar-refractivity contribution in [2.45, 2.75) is 19.4 Å². The summed E-state index contributed by atoms with van der Waals surface area (Å²) in [5.41, 5.74) is 1.70. The molecule has 7 heteroatoms. The highest BCUT2D eigenvalue weighted by atomic mass is 16.6. The maximum atomic E-state index is 12.6. The van der Waals surface area contributed by atoms with Gasteiger partial charge in [-0.1, -0.05) is 29.8 Å². The van der Waals surface area contributed by atoms with E-state index in [9.17, 15) is 9.59 Å². The Bertz CT molecular complexity index is 888. The summed E-state index contributed by atoms with van der Waals surface area (Å²) in [6, 6.07) is 16.4. The summed E-state index contributed by atoms with van der Waals surface area (Å²) < 4.78 is 16.2. The molecule has 144 valence electrons. The number of ether oxygens (including phenoxy) is 3. The van der Waals surface area contributed by atoms with E-state index in [1.807, 2.05) is 25.1 Å². The first-order valence-corrected chi connectivity index (χ1v) is 8.87. The highest BCUT2D eigenvalue weighted by Gasteiger charge is 2.29. The molecule has 1 aliphatic rings. The summed E-state index contributed by atoms with van der Waals surface area (Å²) in [4.78, 5) is 26.3. The number of hydrogen-bond donors (Lipinski definition) is 0. The maximum absolute atomic E-state index is 12.6. The summed E-state index contributed by atoms with van der Waals surface area (Å²) in [5, 5.41) is 8.85. The fourth-order valence-electron chi connectivity index (χ4n) is 2.72. The normalized spacial score (nSPS) is 14.6. The number of fused-ring (bicyclic) bond motifs is 1. The van der Waals surface area contributed by atoms with Gasteiger partial charge in [-0.3, -0.25) is 4.79 Å². The minimum Gasteiger partial charge on any atom is -0.485 e. The van der Waals surface area contributed by atoms with Gasteiger partial charge in [-0.05, 0) is 31.2 Å². The van der Waals surface area contributed by atoms with Crippen LogP contribution in [0.4, 0.5) is 5.69 Å². The van der Waals surface area contributed by atoms with Gasteiger partial charge in [-0.25, -0.2) is 4.79 Å². The van der Waals surface area contributed by atoms with Gasteiger partial charge in [-0.2, -0.15) is 5.26 Å². The van der Waals surface area contributed by atoms with E-state index in [-0.39, 0.29) is 19.6 Å². The average molecular weight is 380 g/mol. The van der Waals surface area contributed by atoms with Crippen molar-refractivity contribution in [3.63, 3.8) is 0 Å². The van der Waals surface area contributed by atoms with Crippen molar-refractivity contribution in [2.24, 2.45) is 0 Å². The zero-order chi connectivity index (χ0) is 19.9. The zero-order valence-corrected chi connectivity index (χ0v) is 15.5. The number of benzene rings is 2. The lowest BCUT2D eigenvalue weighted by Gasteiger charge is -2.26. The van der Waals surface area contributed by atoms with Crippen molar-refractivity contribution in [2.75, 3.05) is 24.7 Å². The highest BCUT2D eigenvalue weighted by Crippen LogP contribution is 2.31. The van der Waals surface area contributed by atoms with E-state index in [4.69, 9.17) is 19.5 Å². The third kappa shape index (κ3) is 4.60. The molecule has 28 heavy (non-hydrogen) atoms. The first-order chi connectivity index (χ1) is 13.6. The smallest absolute Gasteiger partial charge is 0.351 e. The summed E-state index contributed by atoms with van der Waals surface area (Å²) >= 11 is 0. The second-order valence-electron chi connectivity index (χ2n) is 6.26. The lowest BCUT2D eigenvalue weighted by molar-refractivity contribution is -0.157. The molecule has 0 saturated carbocycles. The molecule has 0 saturated heterocycles. The van der Waals surface area contributed by atoms with Gasteiger partial charge >= 0.3 is 5.97 Å². The molecule has 1 atom stereocenters. The SMILES string of the molecule is Cc1ccc(N(CCC#N)C(=O)COC(=O)[C@@H]2COc3ccccc3O2)cc1. The molecule has 3 rings (SSSR count). The van der Waals surface area contributed by atoms with Gasteiger partial charge in [0, 0.05) is 12.2 Å². The topological polar surface area (TPSA) is 88.9 Å². The predicted octanol–water partition coefficient (Wildman–Crippen LogP) is 2.62. The van der Waals surface area contributed by atoms with Gasteiger partial charge in [0.05, 0.1) is 12.5 Å². The van der Waals surface area contributed by atoms with E-state index in [0.29, 0.717) is 17.2 Å². The Hall–Kier alpha value is -3.53. The Morgan fingerprint density at radius 2 is 1.89 bits per heavy atom. The first kappa shape index (κ1) is 19.2. The van der Waals surface area contributed by atoms with Crippen molar-refractivity contribution in [1.82, 2.24) is 0 Å². The van der Waals surface area contributed by atoms with Crippen LogP contribution in [0.5, 0.6) is 11.5 Å². The standard InChI is InChI=1S/C21H20N2O5/c1-15-7-9-16(10-8-15)23(12-4-11-22)20(24)14-27-21(25)19-13-26-17-5-2-3-6-18(17)28-19/h2-3,5-10,19H,4,12-14H2,1H3/t19-/m0/s1. The van der Waals surface area contributed by atoms with Crippen LogP contribution in [-0.2, 0) is 14.3 Å². The van der Waals surface area contributed by atoms with Crippen molar-refractivity contribution in [1.29, 1.82) is 5.26 Å². The highest BCUT2D eigenvalue weighted by molar-refractivity contribution is 5.95. The molecular weight excluding hydrogens is 360 g/mol. The van der Waals surface area contributed by atoms with Gasteiger partial charge in [0.15, 0.2) is 18.1 Å². The van der Waals surface area contributed by atoms with Gasteiger partial charge in [0.2, 0.25) is 6.10 Å². The number of nitrogens with zero attached hydrogens (tertiary/aromatic N) is 2. The van der Waals surface area contributed by atoms with Crippen LogP contribution in [-0.4, -0.2) is 37.7 Å². The van der Waals surface area contributed by atoms with E-state index < -0.39 is 24.6 Å². The molecule has 0 aliphatic carbocycles. The van der Waals surface area contributed by atoms with Crippen molar-refractivity contribution in [3.8, 4) is 17.6 Å². The summed E-state index contributed by atoms with van der Waals surface area (Å²) in [7, 11) is 0. The monoisotopic (exact) mass is 380 g/mol. The molecule has 0 unspecified atom stereocenters. The molecule has 2 aromatic carbocycles. The molecule has 1 heterocycles. The lowest BCUT2D eigenvalue weighted by atomic mass is 10.2. The molecule has 0 N–H and O–H groups in total. The molecule has 0 radical (unpaired) electrons. The number of esters is 1. The second kappa shape index (κ2) is 8.91. The number of carbonyl (C=O) groups is 2. The summed E-state index contributed by atoms with van der Waals surface area (Å²) in [6.07, 6.45) is -0.765. The van der Waals surface area contributed by atoms with Gasteiger partial charge in [0.1, 0.15) is 6.61 Å². The third-order valence-electron chi connectivity index (χ3n) is 4.20. The quantitative estimate of drug-likeness (QED) is 0.716. The minimum atomic E-state index is -0.936. The van der Waals surface area contributed by atoms with E-state index in [1.54, 1.807) is 36.4 Å². The van der Waals surface area contributed by atoms with Crippen LogP contribution in [0.2, 0.25) is 0 Å². The zero-order valence-electron chi connectivity index (χ0n) is 15.5. The Kier molecular flexibility index (Phi) is 6.12. The van der Waals surface area contributed by atoms with Crippen molar-refractivity contribution >= 4 is 17.6 Å². The maximum Gasteiger partial charge on any atom is 0.351 e. The number of rotatable bonds is 6. The molecule has 1 amide bonds. The number of amides is 1. The third-order valence-corrected chi connectivity index (χ3v) is 4.20. The molecule has 0 fully saturated rings. The minimum absolute atomic E-state index is 0.0140. The fourth-order valence-corrected chi connectivity index (χ4v) is 2.72. The molecular formula is C21H20N2O5. The van der Waals surface area contributed by atoms with Crippen LogP contribution in [0, 0.1) is 18.3 Å². The van der Waals surface area contributed by atoms with Gasteiger partial charge in [0.25, 0.3) is 5.91 Å². The molecule has 0 bridgehead atoms.